The van der Waals surface area contributed by atoms with Crippen molar-refractivity contribution in [3.63, 3.8) is 0 Å². The van der Waals surface area contributed by atoms with Crippen LogP contribution in [-0.4, -0.2) is 68.1 Å². The normalized spacial score (nSPS) is 13.0. The van der Waals surface area contributed by atoms with Crippen molar-refractivity contribution in [3.8, 4) is 11.1 Å². The molecule has 1 aliphatic heterocycles. The molecule has 7 heteroatoms. The van der Waals surface area contributed by atoms with E-state index in [1.807, 2.05) is 55.4 Å². The number of nitrogens with two attached hydrogens (primary N) is 1. The van der Waals surface area contributed by atoms with Crippen LogP contribution in [0, 0.1) is 0 Å². The third-order valence-electron chi connectivity index (χ3n) is 6.33. The van der Waals surface area contributed by atoms with Crippen molar-refractivity contribution in [2.75, 3.05) is 40.3 Å². The Morgan fingerprint density at radius 1 is 1.08 bits per heavy atom. The first-order chi connectivity index (χ1) is 17.4. The van der Waals surface area contributed by atoms with Crippen molar-refractivity contribution in [2.24, 2.45) is 10.7 Å². The summed E-state index contributed by atoms with van der Waals surface area (Å²) in [4.78, 5) is 33.6. The van der Waals surface area contributed by atoms with E-state index >= 15 is 0 Å². The molecule has 1 aliphatic rings. The maximum Gasteiger partial charge on any atom is 0.250 e. The topological polar surface area (TPSA) is 91.0 Å². The summed E-state index contributed by atoms with van der Waals surface area (Å²) in [6, 6.07) is 11.9. The fourth-order valence-corrected chi connectivity index (χ4v) is 4.48. The van der Waals surface area contributed by atoms with Gasteiger partial charge in [0.2, 0.25) is 5.91 Å². The molecule has 0 saturated heterocycles. The lowest BCUT2D eigenvalue weighted by Crippen LogP contribution is -2.34. The average Bonchev–Trinajstić information content (AvgIpc) is 3.04. The molecule has 0 radical (unpaired) electrons. The molecule has 0 atom stereocenters. The molecule has 0 fully saturated rings. The number of aldehydes is 1. The number of aliphatic imine (C=N–C) groups is 1. The van der Waals surface area contributed by atoms with E-state index in [1.54, 1.807) is 0 Å². The smallest absolute Gasteiger partial charge is 0.250 e. The summed E-state index contributed by atoms with van der Waals surface area (Å²) in [7, 11) is 3.98. The van der Waals surface area contributed by atoms with Gasteiger partial charge < -0.3 is 20.9 Å². The lowest BCUT2D eigenvalue weighted by atomic mass is 9.97. The quantitative estimate of drug-likeness (QED) is 0.435. The maximum atomic E-state index is 13.2. The zero-order chi connectivity index (χ0) is 26.1. The summed E-state index contributed by atoms with van der Waals surface area (Å²) >= 11 is 0. The Kier molecular flexibility index (Phi) is 9.96. The molecule has 192 valence electrons. The minimum atomic E-state index is 0.0327. The molecule has 3 N–H and O–H groups in total. The Morgan fingerprint density at radius 2 is 1.78 bits per heavy atom. The van der Waals surface area contributed by atoms with Crippen molar-refractivity contribution in [2.45, 2.75) is 39.7 Å². The van der Waals surface area contributed by atoms with Gasteiger partial charge in [-0.3, -0.25) is 9.59 Å². The molecule has 0 aliphatic carbocycles. The molecule has 3 rings (SSSR count). The molecule has 0 bridgehead atoms. The maximum absolute atomic E-state index is 13.2. The average molecular weight is 490 g/mol. The summed E-state index contributed by atoms with van der Waals surface area (Å²) in [5.74, 6) is 0.465. The number of carbonyl (C=O) groups is 2. The van der Waals surface area contributed by atoms with E-state index in [2.05, 4.69) is 35.1 Å². The number of nitrogens with zero attached hydrogens (tertiary/aromatic N) is 3. The van der Waals surface area contributed by atoms with Crippen LogP contribution in [0.2, 0.25) is 0 Å². The SMILES string of the molecule is CCCN(CCC)C(=O)C1=Cc2ccc(-c3ccc(C=O)c(CN(C)CCNC)c3)cc2N=C(N)C1. The van der Waals surface area contributed by atoms with E-state index in [9.17, 15) is 9.59 Å². The number of likely N-dealkylation sites (N-methyl/N-ethyl adjacent to an activating group) is 2. The first-order valence-electron chi connectivity index (χ1n) is 12.8. The molecule has 0 spiro atoms. The van der Waals surface area contributed by atoms with E-state index in [0.717, 1.165) is 73.2 Å². The van der Waals surface area contributed by atoms with Crippen LogP contribution in [0.1, 0.15) is 54.6 Å². The van der Waals surface area contributed by atoms with Gasteiger partial charge >= 0.3 is 0 Å². The van der Waals surface area contributed by atoms with Crippen LogP contribution < -0.4 is 11.1 Å². The van der Waals surface area contributed by atoms with Crippen molar-refractivity contribution < 1.29 is 9.59 Å². The molecule has 0 aromatic heterocycles. The van der Waals surface area contributed by atoms with Gasteiger partial charge in [-0.05, 0) is 61.8 Å². The second kappa shape index (κ2) is 13.1. The lowest BCUT2D eigenvalue weighted by Gasteiger charge is -2.22. The van der Waals surface area contributed by atoms with E-state index < -0.39 is 0 Å². The molecule has 2 aromatic rings. The van der Waals surface area contributed by atoms with Gasteiger partial charge in [0.1, 0.15) is 12.1 Å². The minimum absolute atomic E-state index is 0.0327. The zero-order valence-electron chi connectivity index (χ0n) is 22.0. The van der Waals surface area contributed by atoms with Crippen LogP contribution in [0.3, 0.4) is 0 Å². The lowest BCUT2D eigenvalue weighted by molar-refractivity contribution is -0.127. The van der Waals surface area contributed by atoms with Crippen molar-refractivity contribution >= 4 is 29.8 Å². The van der Waals surface area contributed by atoms with Crippen LogP contribution >= 0.6 is 0 Å². The second-order valence-electron chi connectivity index (χ2n) is 9.39. The van der Waals surface area contributed by atoms with E-state index in [0.29, 0.717) is 29.9 Å². The van der Waals surface area contributed by atoms with Gasteiger partial charge in [0.15, 0.2) is 0 Å². The summed E-state index contributed by atoms with van der Waals surface area (Å²) in [6.07, 6.45) is 5.01. The molecule has 1 heterocycles. The number of fused-ring (bicyclic) bond motifs is 1. The Hall–Kier alpha value is -3.29. The summed E-state index contributed by atoms with van der Waals surface area (Å²) < 4.78 is 0. The fraction of sp³-hybridized carbons (Fsp3) is 0.414. The highest BCUT2D eigenvalue weighted by molar-refractivity contribution is 6.05. The highest BCUT2D eigenvalue weighted by atomic mass is 16.2. The first-order valence-corrected chi connectivity index (χ1v) is 12.8. The number of carbonyl (C=O) groups excluding carboxylic acids is 2. The van der Waals surface area contributed by atoms with Crippen molar-refractivity contribution in [1.82, 2.24) is 15.1 Å². The number of hydrogen-bond donors (Lipinski definition) is 2. The van der Waals surface area contributed by atoms with Gasteiger partial charge in [0, 0.05) is 55.8 Å². The molecular formula is C29H39N5O2. The van der Waals surface area contributed by atoms with Crippen molar-refractivity contribution in [3.05, 3.63) is 58.7 Å². The Labute approximate surface area is 215 Å². The number of amides is 1. The largest absolute Gasteiger partial charge is 0.387 e. The standard InChI is InChI=1S/C29H39N5O2/c1-5-12-34(13-6-2)29(36)25-16-23-9-7-22(17-27(23)32-28(30)18-25)21-8-10-24(20-35)26(15-21)19-33(4)14-11-31-3/h7-10,15-17,20,31H,5-6,11-14,18-19H2,1-4H3,(H2,30,32). The number of amidine groups is 1. The monoisotopic (exact) mass is 489 g/mol. The Balaban J connectivity index is 1.93. The predicted molar refractivity (Wildman–Crippen MR) is 149 cm³/mol. The second-order valence-corrected chi connectivity index (χ2v) is 9.39. The summed E-state index contributed by atoms with van der Waals surface area (Å²) in [5.41, 5.74) is 12.2. The third kappa shape index (κ3) is 6.89. The molecule has 36 heavy (non-hydrogen) atoms. The van der Waals surface area contributed by atoms with Crippen LogP contribution in [0.15, 0.2) is 47.0 Å². The molecule has 1 amide bonds. The number of benzene rings is 2. The van der Waals surface area contributed by atoms with E-state index in [4.69, 9.17) is 5.73 Å². The van der Waals surface area contributed by atoms with E-state index in [1.165, 1.54) is 0 Å². The fourth-order valence-electron chi connectivity index (χ4n) is 4.48. The van der Waals surface area contributed by atoms with Gasteiger partial charge in [-0.2, -0.15) is 0 Å². The van der Waals surface area contributed by atoms with Gasteiger partial charge in [0.25, 0.3) is 0 Å². The Bertz CT molecular complexity index is 1130. The number of rotatable bonds is 12. The van der Waals surface area contributed by atoms with Crippen molar-refractivity contribution in [1.29, 1.82) is 0 Å². The van der Waals surface area contributed by atoms with Gasteiger partial charge in [-0.1, -0.05) is 38.1 Å². The molecule has 0 saturated carbocycles. The highest BCUT2D eigenvalue weighted by Gasteiger charge is 2.21. The van der Waals surface area contributed by atoms with Crippen LogP contribution in [-0.2, 0) is 11.3 Å². The first kappa shape index (κ1) is 27.3. The molecule has 7 nitrogen and oxygen atoms in total. The minimum Gasteiger partial charge on any atom is -0.387 e. The van der Waals surface area contributed by atoms with Crippen LogP contribution in [0.5, 0.6) is 0 Å². The van der Waals surface area contributed by atoms with Gasteiger partial charge in [-0.25, -0.2) is 4.99 Å². The Morgan fingerprint density at radius 3 is 2.44 bits per heavy atom. The third-order valence-corrected chi connectivity index (χ3v) is 6.33. The number of nitrogens with one attached hydrogen (secondary N) is 1. The number of hydrogen-bond acceptors (Lipinski definition) is 6. The predicted octanol–water partition coefficient (Wildman–Crippen LogP) is 4.24. The zero-order valence-corrected chi connectivity index (χ0v) is 22.0. The molecule has 2 aromatic carbocycles. The summed E-state index contributed by atoms with van der Waals surface area (Å²) in [5, 5.41) is 3.15. The van der Waals surface area contributed by atoms with Crippen LogP contribution in [0.4, 0.5) is 5.69 Å². The molecule has 0 unspecified atom stereocenters. The van der Waals surface area contributed by atoms with Gasteiger partial charge in [0.05, 0.1) is 5.69 Å². The highest BCUT2D eigenvalue weighted by Crippen LogP contribution is 2.33. The van der Waals surface area contributed by atoms with E-state index in [-0.39, 0.29) is 5.91 Å². The summed E-state index contributed by atoms with van der Waals surface area (Å²) in [6.45, 7) is 8.07. The molecular weight excluding hydrogens is 450 g/mol. The van der Waals surface area contributed by atoms with Crippen LogP contribution in [0.25, 0.3) is 17.2 Å². The van der Waals surface area contributed by atoms with Gasteiger partial charge in [-0.15, -0.1) is 0 Å².